The maximum absolute atomic E-state index is 12.8. The van der Waals surface area contributed by atoms with Gasteiger partial charge < -0.3 is 10.1 Å². The van der Waals surface area contributed by atoms with Crippen molar-refractivity contribution in [3.63, 3.8) is 0 Å². The number of ether oxygens (including phenoxy) is 1. The van der Waals surface area contributed by atoms with Gasteiger partial charge in [0.05, 0.1) is 4.90 Å². The molecule has 0 spiro atoms. The second-order valence-electron chi connectivity index (χ2n) is 5.62. The molecule has 0 saturated carbocycles. The summed E-state index contributed by atoms with van der Waals surface area (Å²) >= 11 is 0. The van der Waals surface area contributed by atoms with Gasteiger partial charge in [-0.1, -0.05) is 0 Å². The zero-order valence-corrected chi connectivity index (χ0v) is 15.6. The van der Waals surface area contributed by atoms with Crippen molar-refractivity contribution in [1.29, 1.82) is 0 Å². The molecule has 2 aromatic carbocycles. The van der Waals surface area contributed by atoms with E-state index in [-0.39, 0.29) is 10.7 Å². The SMILES string of the molecule is CC(=O)c1ccc(NC(=O)COC(=O)CNS(=O)(=O)c2ccc(F)cc2)cc1. The molecule has 0 atom stereocenters. The molecule has 2 rings (SSSR count). The van der Waals surface area contributed by atoms with Gasteiger partial charge >= 0.3 is 5.97 Å². The lowest BCUT2D eigenvalue weighted by atomic mass is 10.1. The molecular formula is C18H17FN2O6S. The van der Waals surface area contributed by atoms with E-state index in [1.54, 1.807) is 0 Å². The predicted octanol–water partition coefficient (Wildman–Crippen LogP) is 1.49. The number of hydrogen-bond donors (Lipinski definition) is 2. The number of anilines is 1. The van der Waals surface area contributed by atoms with Gasteiger partial charge in [-0.25, -0.2) is 12.8 Å². The number of amides is 1. The fourth-order valence-electron chi connectivity index (χ4n) is 2.03. The smallest absolute Gasteiger partial charge is 0.321 e. The summed E-state index contributed by atoms with van der Waals surface area (Å²) in [5.74, 6) is -2.31. The van der Waals surface area contributed by atoms with E-state index >= 15 is 0 Å². The Balaban J connectivity index is 1.79. The molecule has 28 heavy (non-hydrogen) atoms. The van der Waals surface area contributed by atoms with Crippen molar-refractivity contribution in [2.45, 2.75) is 11.8 Å². The predicted molar refractivity (Wildman–Crippen MR) is 97.6 cm³/mol. The molecule has 0 unspecified atom stereocenters. The molecule has 0 aliphatic heterocycles. The Morgan fingerprint density at radius 1 is 1.00 bits per heavy atom. The summed E-state index contributed by atoms with van der Waals surface area (Å²) in [5, 5.41) is 2.47. The van der Waals surface area contributed by atoms with Crippen LogP contribution in [-0.4, -0.2) is 39.2 Å². The average molecular weight is 408 g/mol. The van der Waals surface area contributed by atoms with Gasteiger partial charge in [0.2, 0.25) is 10.0 Å². The van der Waals surface area contributed by atoms with Gasteiger partial charge in [-0.2, -0.15) is 4.72 Å². The molecule has 10 heteroatoms. The topological polar surface area (TPSA) is 119 Å². The number of halogens is 1. The molecule has 0 saturated heterocycles. The molecule has 1 amide bonds. The highest BCUT2D eigenvalue weighted by Crippen LogP contribution is 2.10. The van der Waals surface area contributed by atoms with Crippen LogP contribution in [0.2, 0.25) is 0 Å². The third-order valence-corrected chi connectivity index (χ3v) is 4.89. The van der Waals surface area contributed by atoms with E-state index in [2.05, 4.69) is 5.32 Å². The highest BCUT2D eigenvalue weighted by molar-refractivity contribution is 7.89. The molecule has 0 radical (unpaired) electrons. The Kier molecular flexibility index (Phi) is 6.96. The summed E-state index contributed by atoms with van der Waals surface area (Å²) in [7, 11) is -4.02. The van der Waals surface area contributed by atoms with Crippen LogP contribution in [0.25, 0.3) is 0 Å². The van der Waals surface area contributed by atoms with Gasteiger partial charge in [0.25, 0.3) is 5.91 Å². The number of Topliss-reactive ketones (excluding diaryl/α,β-unsaturated/α-hetero) is 1. The minimum atomic E-state index is -4.02. The van der Waals surface area contributed by atoms with E-state index in [0.717, 1.165) is 24.3 Å². The molecule has 0 fully saturated rings. The van der Waals surface area contributed by atoms with Gasteiger partial charge in [0.15, 0.2) is 12.4 Å². The molecule has 0 aliphatic rings. The van der Waals surface area contributed by atoms with E-state index in [4.69, 9.17) is 4.74 Å². The van der Waals surface area contributed by atoms with Crippen molar-refractivity contribution in [1.82, 2.24) is 4.72 Å². The van der Waals surface area contributed by atoms with Crippen LogP contribution in [-0.2, 0) is 24.3 Å². The summed E-state index contributed by atoms with van der Waals surface area (Å²) in [5.41, 5.74) is 0.890. The second-order valence-corrected chi connectivity index (χ2v) is 7.39. The maximum atomic E-state index is 12.8. The lowest BCUT2D eigenvalue weighted by Crippen LogP contribution is -2.32. The third kappa shape index (κ3) is 6.25. The van der Waals surface area contributed by atoms with Gasteiger partial charge in [-0.05, 0) is 55.5 Å². The van der Waals surface area contributed by atoms with Crippen LogP contribution >= 0.6 is 0 Å². The quantitative estimate of drug-likeness (QED) is 0.505. The number of esters is 1. The van der Waals surface area contributed by atoms with Crippen LogP contribution in [0, 0.1) is 5.82 Å². The highest BCUT2D eigenvalue weighted by Gasteiger charge is 2.16. The number of rotatable bonds is 8. The summed E-state index contributed by atoms with van der Waals surface area (Å²) in [6.07, 6.45) is 0. The number of ketones is 1. The Bertz CT molecular complexity index is 972. The van der Waals surface area contributed by atoms with Crippen LogP contribution in [0.5, 0.6) is 0 Å². The fourth-order valence-corrected chi connectivity index (χ4v) is 3.00. The summed E-state index contributed by atoms with van der Waals surface area (Å²) in [4.78, 5) is 34.4. The minimum Gasteiger partial charge on any atom is -0.455 e. The fraction of sp³-hybridized carbons (Fsp3) is 0.167. The van der Waals surface area contributed by atoms with Crippen molar-refractivity contribution in [3.05, 3.63) is 59.9 Å². The number of nitrogens with one attached hydrogen (secondary N) is 2. The standard InChI is InChI=1S/C18H17FN2O6S/c1-12(22)13-2-6-15(7-3-13)21-17(23)11-27-18(24)10-20-28(25,26)16-8-4-14(19)5-9-16/h2-9,20H,10-11H2,1H3,(H,21,23). The van der Waals surface area contributed by atoms with Crippen LogP contribution in [0.3, 0.4) is 0 Å². The minimum absolute atomic E-state index is 0.116. The van der Waals surface area contributed by atoms with Crippen LogP contribution in [0.1, 0.15) is 17.3 Å². The second kappa shape index (κ2) is 9.20. The van der Waals surface area contributed by atoms with E-state index in [9.17, 15) is 27.2 Å². The Morgan fingerprint density at radius 2 is 1.61 bits per heavy atom. The molecule has 0 aromatic heterocycles. The van der Waals surface area contributed by atoms with Crippen LogP contribution in [0.15, 0.2) is 53.4 Å². The van der Waals surface area contributed by atoms with Gasteiger partial charge in [0.1, 0.15) is 12.4 Å². The van der Waals surface area contributed by atoms with E-state index in [1.165, 1.54) is 31.2 Å². The highest BCUT2D eigenvalue weighted by atomic mass is 32.2. The van der Waals surface area contributed by atoms with Crippen molar-refractivity contribution in [2.75, 3.05) is 18.5 Å². The van der Waals surface area contributed by atoms with Crippen molar-refractivity contribution < 1.29 is 31.9 Å². The maximum Gasteiger partial charge on any atom is 0.321 e. The third-order valence-electron chi connectivity index (χ3n) is 3.47. The van der Waals surface area contributed by atoms with Crippen molar-refractivity contribution >= 4 is 33.4 Å². The Labute approximate surface area is 160 Å². The monoisotopic (exact) mass is 408 g/mol. The first-order chi connectivity index (χ1) is 13.2. The van der Waals surface area contributed by atoms with E-state index in [1.807, 2.05) is 4.72 Å². The first-order valence-corrected chi connectivity index (χ1v) is 9.47. The summed E-state index contributed by atoms with van der Waals surface area (Å²) in [6, 6.07) is 10.2. The molecule has 2 aromatic rings. The largest absolute Gasteiger partial charge is 0.455 e. The van der Waals surface area contributed by atoms with E-state index < -0.39 is 40.9 Å². The van der Waals surface area contributed by atoms with Gasteiger partial charge in [-0.15, -0.1) is 0 Å². The number of hydrogen-bond acceptors (Lipinski definition) is 6. The van der Waals surface area contributed by atoms with Crippen molar-refractivity contribution in [2.24, 2.45) is 0 Å². The first kappa shape index (κ1) is 21.2. The molecule has 0 heterocycles. The lowest BCUT2D eigenvalue weighted by Gasteiger charge is -2.08. The summed E-state index contributed by atoms with van der Waals surface area (Å²) < 4.78 is 43.4. The molecule has 0 bridgehead atoms. The Morgan fingerprint density at radius 3 is 2.18 bits per heavy atom. The zero-order valence-electron chi connectivity index (χ0n) is 14.8. The number of benzene rings is 2. The molecule has 2 N–H and O–H groups in total. The molecule has 148 valence electrons. The van der Waals surface area contributed by atoms with E-state index in [0.29, 0.717) is 11.3 Å². The summed E-state index contributed by atoms with van der Waals surface area (Å²) in [6.45, 7) is 0.100. The van der Waals surface area contributed by atoms with Crippen molar-refractivity contribution in [3.8, 4) is 0 Å². The number of carbonyl (C=O) groups excluding carboxylic acids is 3. The molecule has 8 nitrogen and oxygen atoms in total. The van der Waals surface area contributed by atoms with Crippen LogP contribution in [0.4, 0.5) is 10.1 Å². The number of sulfonamides is 1. The average Bonchev–Trinajstić information content (AvgIpc) is 2.65. The number of carbonyl (C=O) groups is 3. The van der Waals surface area contributed by atoms with Gasteiger partial charge in [0, 0.05) is 11.3 Å². The van der Waals surface area contributed by atoms with Gasteiger partial charge in [-0.3, -0.25) is 14.4 Å². The van der Waals surface area contributed by atoms with Crippen LogP contribution < -0.4 is 10.0 Å². The first-order valence-electron chi connectivity index (χ1n) is 7.99. The zero-order chi connectivity index (χ0) is 20.7. The molecular weight excluding hydrogens is 391 g/mol. The molecule has 0 aliphatic carbocycles. The Hall–Kier alpha value is -3.11. The lowest BCUT2D eigenvalue weighted by molar-refractivity contribution is -0.146. The normalized spacial score (nSPS) is 10.9.